The van der Waals surface area contributed by atoms with Gasteiger partial charge in [-0.15, -0.1) is 5.10 Å². The number of nitrogens with two attached hydrogens (primary N) is 1. The number of rotatable bonds is 1. The third-order valence-electron chi connectivity index (χ3n) is 2.74. The van der Waals surface area contributed by atoms with Crippen LogP contribution in [0.1, 0.15) is 5.56 Å². The molecule has 3 rings (SSSR count). The molecule has 0 radical (unpaired) electrons. The first-order valence-corrected chi connectivity index (χ1v) is 5.06. The Morgan fingerprint density at radius 1 is 1.47 bits per heavy atom. The summed E-state index contributed by atoms with van der Waals surface area (Å²) in [7, 11) is 0. The van der Waals surface area contributed by atoms with E-state index in [1.165, 1.54) is 0 Å². The number of nitrogens with zero attached hydrogens (tertiary/aromatic N) is 4. The molecular formula is C10H13N5. The van der Waals surface area contributed by atoms with Crippen molar-refractivity contribution in [1.29, 1.82) is 0 Å². The maximum absolute atomic E-state index is 5.73. The van der Waals surface area contributed by atoms with E-state index in [0.717, 1.165) is 30.2 Å². The molecule has 15 heavy (non-hydrogen) atoms. The molecule has 0 atom stereocenters. The van der Waals surface area contributed by atoms with Crippen LogP contribution in [0.2, 0.25) is 0 Å². The van der Waals surface area contributed by atoms with E-state index in [1.807, 2.05) is 29.8 Å². The Kier molecular flexibility index (Phi) is 1.70. The molecule has 1 aliphatic heterocycles. The van der Waals surface area contributed by atoms with E-state index >= 15 is 0 Å². The molecule has 0 amide bonds. The monoisotopic (exact) mass is 203 g/mol. The predicted octanol–water partition coefficient (Wildman–Crippen LogP) is 0.185. The van der Waals surface area contributed by atoms with Gasteiger partial charge >= 0.3 is 0 Å². The number of pyridine rings is 1. The van der Waals surface area contributed by atoms with Crippen molar-refractivity contribution >= 4 is 11.6 Å². The number of aromatic nitrogens is 3. The highest BCUT2D eigenvalue weighted by Gasteiger charge is 2.26. The molecule has 0 bridgehead atoms. The van der Waals surface area contributed by atoms with Gasteiger partial charge in [0.2, 0.25) is 5.95 Å². The minimum Gasteiger partial charge on any atom is -0.336 e. The third kappa shape index (κ3) is 1.27. The van der Waals surface area contributed by atoms with Gasteiger partial charge in [0.1, 0.15) is 0 Å². The third-order valence-corrected chi connectivity index (χ3v) is 2.74. The Labute approximate surface area is 87.5 Å². The van der Waals surface area contributed by atoms with Crippen molar-refractivity contribution < 1.29 is 0 Å². The van der Waals surface area contributed by atoms with Gasteiger partial charge in [-0.25, -0.2) is 4.52 Å². The van der Waals surface area contributed by atoms with Crippen LogP contribution in [0.25, 0.3) is 5.65 Å². The highest BCUT2D eigenvalue weighted by molar-refractivity contribution is 5.51. The van der Waals surface area contributed by atoms with Crippen LogP contribution in [0, 0.1) is 6.92 Å². The second-order valence-electron chi connectivity index (χ2n) is 4.04. The molecule has 0 spiro atoms. The molecular weight excluding hydrogens is 190 g/mol. The van der Waals surface area contributed by atoms with E-state index in [0.29, 0.717) is 0 Å². The number of hydrogen-bond acceptors (Lipinski definition) is 4. The Morgan fingerprint density at radius 2 is 2.27 bits per heavy atom. The topological polar surface area (TPSA) is 59.5 Å². The summed E-state index contributed by atoms with van der Waals surface area (Å²) in [6.45, 7) is 3.75. The van der Waals surface area contributed by atoms with E-state index in [4.69, 9.17) is 5.73 Å². The average molecular weight is 203 g/mol. The Balaban J connectivity index is 2.03. The van der Waals surface area contributed by atoms with Crippen LogP contribution in [0.4, 0.5) is 5.95 Å². The number of aryl methyl sites for hydroxylation is 1. The fourth-order valence-electron chi connectivity index (χ4n) is 1.84. The lowest BCUT2D eigenvalue weighted by atomic mass is 10.1. The van der Waals surface area contributed by atoms with Gasteiger partial charge in [-0.3, -0.25) is 0 Å². The van der Waals surface area contributed by atoms with E-state index < -0.39 is 0 Å². The molecule has 0 unspecified atom stereocenters. The zero-order chi connectivity index (χ0) is 10.4. The van der Waals surface area contributed by atoms with Crippen molar-refractivity contribution in [3.05, 3.63) is 23.9 Å². The van der Waals surface area contributed by atoms with Crippen molar-refractivity contribution in [2.45, 2.75) is 13.0 Å². The fourth-order valence-corrected chi connectivity index (χ4v) is 1.84. The van der Waals surface area contributed by atoms with Gasteiger partial charge in [-0.05, 0) is 18.6 Å². The molecule has 1 fully saturated rings. The molecule has 2 N–H and O–H groups in total. The molecule has 2 aromatic rings. The highest BCUT2D eigenvalue weighted by Crippen LogP contribution is 2.17. The largest absolute Gasteiger partial charge is 0.336 e. The van der Waals surface area contributed by atoms with Gasteiger partial charge in [0.05, 0.1) is 0 Å². The Bertz CT molecular complexity index is 497. The van der Waals surface area contributed by atoms with Gasteiger partial charge in [-0.1, -0.05) is 6.07 Å². The van der Waals surface area contributed by atoms with Crippen LogP contribution < -0.4 is 10.6 Å². The highest BCUT2D eigenvalue weighted by atomic mass is 15.4. The maximum Gasteiger partial charge on any atom is 0.245 e. The molecule has 0 aliphatic carbocycles. The molecule has 2 aromatic heterocycles. The quantitative estimate of drug-likeness (QED) is 0.718. The predicted molar refractivity (Wildman–Crippen MR) is 57.9 cm³/mol. The van der Waals surface area contributed by atoms with E-state index in [9.17, 15) is 0 Å². The zero-order valence-corrected chi connectivity index (χ0v) is 8.59. The summed E-state index contributed by atoms with van der Waals surface area (Å²) >= 11 is 0. The first-order valence-electron chi connectivity index (χ1n) is 5.06. The Hall–Kier alpha value is -1.62. The van der Waals surface area contributed by atoms with Gasteiger partial charge < -0.3 is 10.6 Å². The second kappa shape index (κ2) is 2.93. The number of anilines is 1. The molecule has 1 aliphatic rings. The van der Waals surface area contributed by atoms with Crippen LogP contribution in [-0.4, -0.2) is 33.7 Å². The molecule has 3 heterocycles. The van der Waals surface area contributed by atoms with Gasteiger partial charge in [0.15, 0.2) is 5.65 Å². The summed E-state index contributed by atoms with van der Waals surface area (Å²) in [5.41, 5.74) is 7.79. The number of fused-ring (bicyclic) bond motifs is 1. The first kappa shape index (κ1) is 8.67. The maximum atomic E-state index is 5.73. The molecule has 78 valence electrons. The number of hydrogen-bond donors (Lipinski definition) is 1. The van der Waals surface area contributed by atoms with E-state index in [2.05, 4.69) is 15.0 Å². The summed E-state index contributed by atoms with van der Waals surface area (Å²) in [6, 6.07) is 4.29. The first-order chi connectivity index (χ1) is 7.24. The van der Waals surface area contributed by atoms with E-state index in [1.54, 1.807) is 0 Å². The van der Waals surface area contributed by atoms with Gasteiger partial charge in [-0.2, -0.15) is 4.98 Å². The van der Waals surface area contributed by atoms with Crippen molar-refractivity contribution in [1.82, 2.24) is 14.6 Å². The van der Waals surface area contributed by atoms with Crippen molar-refractivity contribution in [3.8, 4) is 0 Å². The summed E-state index contributed by atoms with van der Waals surface area (Å²) < 4.78 is 1.81. The molecule has 0 aromatic carbocycles. The summed E-state index contributed by atoms with van der Waals surface area (Å²) in [5, 5.41) is 4.41. The molecule has 0 saturated carbocycles. The smallest absolute Gasteiger partial charge is 0.245 e. The average Bonchev–Trinajstić information content (AvgIpc) is 2.58. The molecule has 5 heteroatoms. The lowest BCUT2D eigenvalue weighted by Gasteiger charge is -2.35. The minimum atomic E-state index is 0.276. The lowest BCUT2D eigenvalue weighted by Crippen LogP contribution is -2.56. The van der Waals surface area contributed by atoms with Crippen LogP contribution in [-0.2, 0) is 0 Å². The lowest BCUT2D eigenvalue weighted by molar-refractivity contribution is 0.509. The SMILES string of the molecule is Cc1cccn2nc(N3CC(N)C3)nc12. The van der Waals surface area contributed by atoms with Gasteiger partial charge in [0.25, 0.3) is 0 Å². The van der Waals surface area contributed by atoms with Crippen molar-refractivity contribution in [2.24, 2.45) is 5.73 Å². The van der Waals surface area contributed by atoms with Gasteiger partial charge in [0, 0.05) is 25.3 Å². The molecule has 1 saturated heterocycles. The summed E-state index contributed by atoms with van der Waals surface area (Å²) in [4.78, 5) is 6.59. The van der Waals surface area contributed by atoms with E-state index in [-0.39, 0.29) is 6.04 Å². The van der Waals surface area contributed by atoms with Crippen LogP contribution in [0.5, 0.6) is 0 Å². The zero-order valence-electron chi connectivity index (χ0n) is 8.59. The summed E-state index contributed by atoms with van der Waals surface area (Å²) in [5.74, 6) is 0.783. The normalized spacial score (nSPS) is 17.1. The van der Waals surface area contributed by atoms with Crippen LogP contribution >= 0.6 is 0 Å². The summed E-state index contributed by atoms with van der Waals surface area (Å²) in [6.07, 6.45) is 1.92. The van der Waals surface area contributed by atoms with Crippen molar-refractivity contribution in [2.75, 3.05) is 18.0 Å². The van der Waals surface area contributed by atoms with Crippen LogP contribution in [0.3, 0.4) is 0 Å². The van der Waals surface area contributed by atoms with Crippen LogP contribution in [0.15, 0.2) is 18.3 Å². The Morgan fingerprint density at radius 3 is 2.93 bits per heavy atom. The van der Waals surface area contributed by atoms with Crippen molar-refractivity contribution in [3.63, 3.8) is 0 Å². The second-order valence-corrected chi connectivity index (χ2v) is 4.04. The fraction of sp³-hybridized carbons (Fsp3) is 0.400. The standard InChI is InChI=1S/C10H13N5/c1-7-3-2-4-15-9(7)12-10(13-15)14-5-8(11)6-14/h2-4,8H,5-6,11H2,1H3. The molecule has 5 nitrogen and oxygen atoms in total. The minimum absolute atomic E-state index is 0.276.